The van der Waals surface area contributed by atoms with Crippen molar-refractivity contribution < 1.29 is 14.3 Å². The topological polar surface area (TPSA) is 54.0 Å². The van der Waals surface area contributed by atoms with Crippen LogP contribution in [0.5, 0.6) is 11.5 Å². The molecule has 3 rings (SSSR count). The molecule has 1 amide bonds. The van der Waals surface area contributed by atoms with Gasteiger partial charge in [0, 0.05) is 39.3 Å². The number of hydrogen-bond donors (Lipinski definition) is 1. The SMILES string of the molecule is CCN1CCN(Cc2ccccc2CNC(=O)Cc2ccc(OC)c(OC)c2)CC1. The number of ether oxygens (including phenoxy) is 2. The van der Waals surface area contributed by atoms with E-state index >= 15 is 0 Å². The van der Waals surface area contributed by atoms with Crippen molar-refractivity contribution in [2.24, 2.45) is 0 Å². The number of piperazine rings is 1. The molecule has 1 saturated heterocycles. The van der Waals surface area contributed by atoms with Crippen molar-refractivity contribution in [3.8, 4) is 11.5 Å². The highest BCUT2D eigenvalue weighted by Gasteiger charge is 2.17. The highest BCUT2D eigenvalue weighted by molar-refractivity contribution is 5.78. The summed E-state index contributed by atoms with van der Waals surface area (Å²) in [4.78, 5) is 17.5. The van der Waals surface area contributed by atoms with Crippen LogP contribution in [-0.2, 0) is 24.3 Å². The molecule has 2 aromatic rings. The molecule has 6 heteroatoms. The van der Waals surface area contributed by atoms with Crippen molar-refractivity contribution in [1.29, 1.82) is 0 Å². The van der Waals surface area contributed by atoms with E-state index < -0.39 is 0 Å². The van der Waals surface area contributed by atoms with E-state index in [-0.39, 0.29) is 5.91 Å². The Balaban J connectivity index is 1.55. The van der Waals surface area contributed by atoms with Gasteiger partial charge in [-0.05, 0) is 35.4 Å². The maximum atomic E-state index is 12.5. The van der Waals surface area contributed by atoms with Crippen molar-refractivity contribution in [1.82, 2.24) is 15.1 Å². The van der Waals surface area contributed by atoms with Gasteiger partial charge >= 0.3 is 0 Å². The summed E-state index contributed by atoms with van der Waals surface area (Å²) >= 11 is 0. The highest BCUT2D eigenvalue weighted by atomic mass is 16.5. The fourth-order valence-electron chi connectivity index (χ4n) is 3.82. The molecule has 1 heterocycles. The smallest absolute Gasteiger partial charge is 0.224 e. The lowest BCUT2D eigenvalue weighted by atomic mass is 10.1. The summed E-state index contributed by atoms with van der Waals surface area (Å²) in [5.74, 6) is 1.29. The zero-order valence-corrected chi connectivity index (χ0v) is 18.3. The third kappa shape index (κ3) is 5.97. The summed E-state index contributed by atoms with van der Waals surface area (Å²) in [5.41, 5.74) is 3.36. The molecule has 6 nitrogen and oxygen atoms in total. The molecular formula is C24H33N3O3. The summed E-state index contributed by atoms with van der Waals surface area (Å²) in [6, 6.07) is 14.0. The van der Waals surface area contributed by atoms with E-state index in [0.717, 1.165) is 44.8 Å². The molecule has 0 bridgehead atoms. The van der Waals surface area contributed by atoms with Gasteiger partial charge in [0.05, 0.1) is 20.6 Å². The Morgan fingerprint density at radius 2 is 1.60 bits per heavy atom. The number of carbonyl (C=O) groups excluding carboxylic acids is 1. The molecule has 1 N–H and O–H groups in total. The van der Waals surface area contributed by atoms with Crippen molar-refractivity contribution in [2.75, 3.05) is 46.9 Å². The monoisotopic (exact) mass is 411 g/mol. The van der Waals surface area contributed by atoms with E-state index in [1.165, 1.54) is 11.1 Å². The zero-order chi connectivity index (χ0) is 21.3. The highest BCUT2D eigenvalue weighted by Crippen LogP contribution is 2.27. The average molecular weight is 412 g/mol. The summed E-state index contributed by atoms with van der Waals surface area (Å²) in [7, 11) is 3.20. The molecular weight excluding hydrogens is 378 g/mol. The van der Waals surface area contributed by atoms with Crippen LogP contribution < -0.4 is 14.8 Å². The Kier molecular flexibility index (Phi) is 8.11. The standard InChI is InChI=1S/C24H33N3O3/c1-4-26-11-13-27(14-12-26)18-21-8-6-5-7-20(21)17-25-24(28)16-19-9-10-22(29-2)23(15-19)30-3/h5-10,15H,4,11-14,16-18H2,1-3H3,(H,25,28). The molecule has 1 aliphatic rings. The number of methoxy groups -OCH3 is 2. The number of likely N-dealkylation sites (N-methyl/N-ethyl adjacent to an activating group) is 1. The van der Waals surface area contributed by atoms with Crippen molar-refractivity contribution in [3.05, 3.63) is 59.2 Å². The lowest BCUT2D eigenvalue weighted by molar-refractivity contribution is -0.120. The van der Waals surface area contributed by atoms with Gasteiger partial charge in [0.1, 0.15) is 0 Å². The third-order valence-corrected chi connectivity index (χ3v) is 5.71. The van der Waals surface area contributed by atoms with E-state index in [0.29, 0.717) is 24.5 Å². The van der Waals surface area contributed by atoms with Crippen LogP contribution >= 0.6 is 0 Å². The molecule has 0 radical (unpaired) electrons. The van der Waals surface area contributed by atoms with Crippen LogP contribution in [0.15, 0.2) is 42.5 Å². The molecule has 162 valence electrons. The van der Waals surface area contributed by atoms with Crippen molar-refractivity contribution in [3.63, 3.8) is 0 Å². The molecule has 0 spiro atoms. The fraction of sp³-hybridized carbons (Fsp3) is 0.458. The first-order chi connectivity index (χ1) is 14.6. The number of hydrogen-bond acceptors (Lipinski definition) is 5. The molecule has 0 unspecified atom stereocenters. The summed E-state index contributed by atoms with van der Waals surface area (Å²) < 4.78 is 10.6. The van der Waals surface area contributed by atoms with Gasteiger partial charge in [-0.1, -0.05) is 37.3 Å². The van der Waals surface area contributed by atoms with Gasteiger partial charge in [-0.3, -0.25) is 9.69 Å². The molecule has 0 atom stereocenters. The molecule has 0 saturated carbocycles. The second-order valence-corrected chi connectivity index (χ2v) is 7.62. The maximum absolute atomic E-state index is 12.5. The normalized spacial score (nSPS) is 15.0. The minimum atomic E-state index is -0.00594. The first-order valence-electron chi connectivity index (χ1n) is 10.6. The van der Waals surface area contributed by atoms with Crippen molar-refractivity contribution in [2.45, 2.75) is 26.4 Å². The third-order valence-electron chi connectivity index (χ3n) is 5.71. The molecule has 0 aliphatic carbocycles. The molecule has 1 fully saturated rings. The van der Waals surface area contributed by atoms with Crippen LogP contribution in [0, 0.1) is 0 Å². The second-order valence-electron chi connectivity index (χ2n) is 7.62. The van der Waals surface area contributed by atoms with E-state index in [1.807, 2.05) is 24.3 Å². The number of carbonyl (C=O) groups is 1. The second kappa shape index (κ2) is 11.0. The molecule has 1 aliphatic heterocycles. The molecule has 2 aromatic carbocycles. The number of nitrogens with one attached hydrogen (secondary N) is 1. The van der Waals surface area contributed by atoms with Crippen LogP contribution in [0.4, 0.5) is 0 Å². The Hall–Kier alpha value is -2.57. The molecule has 0 aromatic heterocycles. The van der Waals surface area contributed by atoms with Crippen LogP contribution in [0.2, 0.25) is 0 Å². The van der Waals surface area contributed by atoms with E-state index in [9.17, 15) is 4.79 Å². The Morgan fingerprint density at radius 3 is 2.27 bits per heavy atom. The van der Waals surface area contributed by atoms with Gasteiger partial charge in [-0.2, -0.15) is 0 Å². The average Bonchev–Trinajstić information content (AvgIpc) is 2.79. The van der Waals surface area contributed by atoms with Gasteiger partial charge in [0.2, 0.25) is 5.91 Å². The molecule has 30 heavy (non-hydrogen) atoms. The zero-order valence-electron chi connectivity index (χ0n) is 18.3. The predicted octanol–water partition coefficient (Wildman–Crippen LogP) is 2.70. The maximum Gasteiger partial charge on any atom is 0.224 e. The Labute approximate surface area is 179 Å². The minimum Gasteiger partial charge on any atom is -0.493 e. The minimum absolute atomic E-state index is 0.00594. The number of rotatable bonds is 9. The van der Waals surface area contributed by atoms with Crippen LogP contribution in [0.1, 0.15) is 23.6 Å². The Bertz CT molecular complexity index is 832. The van der Waals surface area contributed by atoms with Gasteiger partial charge in [-0.25, -0.2) is 0 Å². The van der Waals surface area contributed by atoms with E-state index in [1.54, 1.807) is 14.2 Å². The lowest BCUT2D eigenvalue weighted by Gasteiger charge is -2.34. The predicted molar refractivity (Wildman–Crippen MR) is 119 cm³/mol. The van der Waals surface area contributed by atoms with E-state index in [4.69, 9.17) is 9.47 Å². The van der Waals surface area contributed by atoms with Crippen molar-refractivity contribution >= 4 is 5.91 Å². The first kappa shape index (κ1) is 22.1. The van der Waals surface area contributed by atoms with Gasteiger partial charge in [0.15, 0.2) is 11.5 Å². The number of benzene rings is 2. The largest absolute Gasteiger partial charge is 0.493 e. The van der Waals surface area contributed by atoms with E-state index in [2.05, 4.69) is 40.2 Å². The summed E-state index contributed by atoms with van der Waals surface area (Å²) in [6.45, 7) is 9.24. The summed E-state index contributed by atoms with van der Waals surface area (Å²) in [6.07, 6.45) is 0.307. The van der Waals surface area contributed by atoms with Crippen LogP contribution in [0.3, 0.4) is 0 Å². The van der Waals surface area contributed by atoms with Crippen LogP contribution in [0.25, 0.3) is 0 Å². The lowest BCUT2D eigenvalue weighted by Crippen LogP contribution is -2.45. The summed E-state index contributed by atoms with van der Waals surface area (Å²) in [5, 5.41) is 3.07. The number of nitrogens with zero attached hydrogens (tertiary/aromatic N) is 2. The van der Waals surface area contributed by atoms with Gasteiger partial charge < -0.3 is 19.7 Å². The first-order valence-corrected chi connectivity index (χ1v) is 10.6. The number of amides is 1. The van der Waals surface area contributed by atoms with Gasteiger partial charge in [-0.15, -0.1) is 0 Å². The van der Waals surface area contributed by atoms with Crippen LogP contribution in [-0.4, -0.2) is 62.7 Å². The van der Waals surface area contributed by atoms with Gasteiger partial charge in [0.25, 0.3) is 0 Å². The quantitative estimate of drug-likeness (QED) is 0.688. The Morgan fingerprint density at radius 1 is 0.933 bits per heavy atom. The fourth-order valence-corrected chi connectivity index (χ4v) is 3.82.